The normalized spacial score (nSPS) is 15.3. The van der Waals surface area contributed by atoms with Crippen LogP contribution in [0.1, 0.15) is 6.42 Å². The summed E-state index contributed by atoms with van der Waals surface area (Å²) in [6.45, 7) is -1.27. The van der Waals surface area contributed by atoms with Crippen LogP contribution in [0.2, 0.25) is 0 Å². The highest BCUT2D eigenvalue weighted by molar-refractivity contribution is 7.87. The van der Waals surface area contributed by atoms with E-state index >= 15 is 0 Å². The van der Waals surface area contributed by atoms with Gasteiger partial charge in [0.1, 0.15) is 0 Å². The summed E-state index contributed by atoms with van der Waals surface area (Å²) in [5.41, 5.74) is 4.98. The second kappa shape index (κ2) is 6.94. The van der Waals surface area contributed by atoms with Crippen LogP contribution in [0.25, 0.3) is 0 Å². The Hall–Kier alpha value is -1.28. The number of carboxylic acid groups (broad SMARTS) is 1. The molecule has 0 saturated carbocycles. The molecule has 0 bridgehead atoms. The van der Waals surface area contributed by atoms with Gasteiger partial charge in [-0.3, -0.25) is 18.7 Å². The predicted molar refractivity (Wildman–Crippen MR) is 65.0 cm³/mol. The van der Waals surface area contributed by atoms with Crippen molar-refractivity contribution >= 4 is 32.1 Å². The summed E-state index contributed by atoms with van der Waals surface area (Å²) in [7, 11) is -9.59. The molecule has 0 aliphatic heterocycles. The minimum atomic E-state index is -4.86. The van der Waals surface area contributed by atoms with Gasteiger partial charge < -0.3 is 16.2 Å². The van der Waals surface area contributed by atoms with Crippen molar-refractivity contribution in [2.24, 2.45) is 5.73 Å². The fourth-order valence-electron chi connectivity index (χ4n) is 1.20. The molecule has 0 aromatic heterocycles. The van der Waals surface area contributed by atoms with Crippen LogP contribution in [0.15, 0.2) is 0 Å². The van der Waals surface area contributed by atoms with Gasteiger partial charge in [-0.25, -0.2) is 0 Å². The first-order chi connectivity index (χ1) is 8.91. The monoisotopic (exact) mass is 334 g/mol. The number of carboxylic acids is 1. The lowest BCUT2D eigenvalue weighted by Gasteiger charge is -2.13. The second-order valence-corrected chi connectivity index (χ2v) is 6.86. The van der Waals surface area contributed by atoms with E-state index in [1.54, 1.807) is 0 Å². The standard InChI is InChI=1S/C7H14N2O9S2/c8-3-5(20(16,17)18)6(10)9-2-1-4(7(11)12)19(13,14)15/h4-5H,1-3,8H2,(H,9,10)(H,11,12)(H,13,14,15)(H,16,17,18). The van der Waals surface area contributed by atoms with Crippen LogP contribution in [0.4, 0.5) is 0 Å². The fourth-order valence-corrected chi connectivity index (χ4v) is 2.47. The minimum Gasteiger partial charge on any atom is -0.480 e. The topological polar surface area (TPSA) is 201 Å². The van der Waals surface area contributed by atoms with E-state index in [9.17, 15) is 26.4 Å². The molecule has 13 heteroatoms. The lowest BCUT2D eigenvalue weighted by Crippen LogP contribution is -2.45. The van der Waals surface area contributed by atoms with Gasteiger partial charge in [-0.15, -0.1) is 0 Å². The molecule has 0 aliphatic carbocycles. The minimum absolute atomic E-state index is 0.554. The van der Waals surface area contributed by atoms with Gasteiger partial charge in [0.05, 0.1) is 0 Å². The van der Waals surface area contributed by atoms with Crippen LogP contribution < -0.4 is 11.1 Å². The van der Waals surface area contributed by atoms with Gasteiger partial charge in [0.25, 0.3) is 20.2 Å². The zero-order valence-electron chi connectivity index (χ0n) is 9.96. The Labute approximate surface area is 114 Å². The summed E-state index contributed by atoms with van der Waals surface area (Å²) < 4.78 is 60.2. The quantitative estimate of drug-likeness (QED) is 0.285. The molecule has 0 rings (SSSR count). The number of carbonyl (C=O) groups excluding carboxylic acids is 1. The van der Waals surface area contributed by atoms with Crippen molar-refractivity contribution in [1.29, 1.82) is 0 Å². The van der Waals surface area contributed by atoms with E-state index in [-0.39, 0.29) is 0 Å². The maximum absolute atomic E-state index is 11.3. The van der Waals surface area contributed by atoms with Crippen molar-refractivity contribution in [3.8, 4) is 0 Å². The van der Waals surface area contributed by atoms with E-state index in [0.29, 0.717) is 0 Å². The summed E-state index contributed by atoms with van der Waals surface area (Å²) in [6, 6.07) is 0. The highest BCUT2D eigenvalue weighted by Gasteiger charge is 2.32. The molecule has 0 fully saturated rings. The average molecular weight is 334 g/mol. The smallest absolute Gasteiger partial charge is 0.324 e. The molecule has 0 heterocycles. The SMILES string of the molecule is NCC(C(=O)NCCC(C(=O)O)S(=O)(=O)O)S(=O)(=O)O. The molecule has 118 valence electrons. The molecule has 2 unspecified atom stereocenters. The van der Waals surface area contributed by atoms with Crippen molar-refractivity contribution in [2.75, 3.05) is 13.1 Å². The Morgan fingerprint density at radius 3 is 1.80 bits per heavy atom. The Balaban J connectivity index is 4.65. The summed E-state index contributed by atoms with van der Waals surface area (Å²) >= 11 is 0. The van der Waals surface area contributed by atoms with Crippen LogP contribution in [0, 0.1) is 0 Å². The Bertz CT molecular complexity index is 567. The highest BCUT2D eigenvalue weighted by Crippen LogP contribution is 2.04. The summed E-state index contributed by atoms with van der Waals surface area (Å²) in [6.07, 6.45) is -0.692. The molecule has 6 N–H and O–H groups in total. The van der Waals surface area contributed by atoms with E-state index in [2.05, 4.69) is 0 Å². The predicted octanol–water partition coefficient (Wildman–Crippen LogP) is -2.95. The molecular weight excluding hydrogens is 320 g/mol. The zero-order chi connectivity index (χ0) is 16.1. The molecule has 0 aromatic rings. The van der Waals surface area contributed by atoms with Gasteiger partial charge in [-0.05, 0) is 6.42 Å². The number of aliphatic carboxylic acids is 1. The molecular formula is C7H14N2O9S2. The molecule has 0 radical (unpaired) electrons. The van der Waals surface area contributed by atoms with Crippen molar-refractivity contribution in [3.05, 3.63) is 0 Å². The molecule has 0 spiro atoms. The summed E-state index contributed by atoms with van der Waals surface area (Å²) in [4.78, 5) is 21.9. The van der Waals surface area contributed by atoms with Crippen LogP contribution in [0.5, 0.6) is 0 Å². The number of nitrogens with two attached hydrogens (primary N) is 1. The maximum atomic E-state index is 11.3. The van der Waals surface area contributed by atoms with Crippen LogP contribution >= 0.6 is 0 Å². The molecule has 0 aliphatic rings. The first-order valence-corrected chi connectivity index (χ1v) is 8.05. The highest BCUT2D eigenvalue weighted by atomic mass is 32.2. The maximum Gasteiger partial charge on any atom is 0.324 e. The molecule has 11 nitrogen and oxygen atoms in total. The summed E-state index contributed by atoms with van der Waals surface area (Å²) in [5.74, 6) is -3.04. The average Bonchev–Trinajstić information content (AvgIpc) is 2.20. The van der Waals surface area contributed by atoms with Gasteiger partial charge in [-0.2, -0.15) is 16.8 Å². The third-order valence-electron chi connectivity index (χ3n) is 2.21. The van der Waals surface area contributed by atoms with E-state index in [4.69, 9.17) is 19.9 Å². The van der Waals surface area contributed by atoms with Crippen molar-refractivity contribution in [1.82, 2.24) is 5.32 Å². The van der Waals surface area contributed by atoms with Crippen LogP contribution in [-0.4, -0.2) is 66.5 Å². The number of rotatable bonds is 8. The first kappa shape index (κ1) is 18.7. The third-order valence-corrected chi connectivity index (χ3v) is 4.49. The van der Waals surface area contributed by atoms with Gasteiger partial charge in [0.2, 0.25) is 5.91 Å². The zero-order valence-corrected chi connectivity index (χ0v) is 11.6. The number of carbonyl (C=O) groups is 2. The largest absolute Gasteiger partial charge is 0.480 e. The molecule has 0 aromatic carbocycles. The molecule has 2 atom stereocenters. The van der Waals surface area contributed by atoms with E-state index in [0.717, 1.165) is 0 Å². The van der Waals surface area contributed by atoms with Crippen LogP contribution in [0.3, 0.4) is 0 Å². The fraction of sp³-hybridized carbons (Fsp3) is 0.714. The number of hydrogen-bond donors (Lipinski definition) is 5. The van der Waals surface area contributed by atoms with Crippen molar-refractivity contribution in [3.63, 3.8) is 0 Å². The van der Waals surface area contributed by atoms with E-state index in [1.165, 1.54) is 0 Å². The van der Waals surface area contributed by atoms with E-state index in [1.807, 2.05) is 5.32 Å². The van der Waals surface area contributed by atoms with Crippen molar-refractivity contribution in [2.45, 2.75) is 16.9 Å². The Morgan fingerprint density at radius 2 is 1.50 bits per heavy atom. The van der Waals surface area contributed by atoms with Gasteiger partial charge in [-0.1, -0.05) is 0 Å². The number of nitrogens with one attached hydrogen (secondary N) is 1. The molecule has 1 amide bonds. The number of hydrogen-bond acceptors (Lipinski definition) is 7. The molecule has 20 heavy (non-hydrogen) atoms. The summed E-state index contributed by atoms with van der Waals surface area (Å²) in [5, 5.41) is 6.34. The van der Waals surface area contributed by atoms with Crippen LogP contribution in [-0.2, 0) is 29.8 Å². The van der Waals surface area contributed by atoms with Crippen molar-refractivity contribution < 1.29 is 40.6 Å². The van der Waals surface area contributed by atoms with Gasteiger partial charge in [0.15, 0.2) is 10.5 Å². The lowest BCUT2D eigenvalue weighted by molar-refractivity contribution is -0.137. The van der Waals surface area contributed by atoms with E-state index < -0.39 is 62.1 Å². The third kappa shape index (κ3) is 5.79. The molecule has 0 saturated heterocycles. The second-order valence-electron chi connectivity index (χ2n) is 3.66. The lowest BCUT2D eigenvalue weighted by atomic mass is 10.3. The first-order valence-electron chi connectivity index (χ1n) is 5.04. The Kier molecular flexibility index (Phi) is 6.49. The number of amides is 1. The van der Waals surface area contributed by atoms with Gasteiger partial charge in [0, 0.05) is 13.1 Å². The Morgan fingerprint density at radius 1 is 1.05 bits per heavy atom. The van der Waals surface area contributed by atoms with Gasteiger partial charge >= 0.3 is 5.97 Å².